The van der Waals surface area contributed by atoms with Gasteiger partial charge in [-0.2, -0.15) is 0 Å². The van der Waals surface area contributed by atoms with Crippen LogP contribution in [0.1, 0.15) is 25.0 Å². The molecule has 0 bridgehead atoms. The van der Waals surface area contributed by atoms with E-state index in [0.29, 0.717) is 0 Å². The Morgan fingerprint density at radius 3 is 2.67 bits per heavy atom. The van der Waals surface area contributed by atoms with E-state index in [1.54, 1.807) is 13.8 Å². The highest BCUT2D eigenvalue weighted by molar-refractivity contribution is 7.47. The van der Waals surface area contributed by atoms with E-state index in [1.807, 2.05) is 37.0 Å². The number of aryl methyl sites for hydroxylation is 1. The van der Waals surface area contributed by atoms with Crippen molar-refractivity contribution in [2.75, 3.05) is 20.6 Å². The zero-order valence-corrected chi connectivity index (χ0v) is 15.9. The normalized spacial score (nSPS) is 14.7. The molecule has 0 spiro atoms. The van der Waals surface area contributed by atoms with Crippen LogP contribution in [0.25, 0.3) is 10.9 Å². The molecular formula is C17H27N2O4P. The minimum Gasteiger partial charge on any atom is -0.323 e. The molecule has 134 valence electrons. The summed E-state index contributed by atoms with van der Waals surface area (Å²) < 4.78 is 23.8. The number of nitrogens with zero attached hydrogens (tertiary/aromatic N) is 2. The lowest BCUT2D eigenvalue weighted by atomic mass is 10.1. The number of fused-ring (bicyclic) bond motifs is 1. The topological polar surface area (TPSA) is 63.9 Å². The number of aromatic nitrogens is 1. The van der Waals surface area contributed by atoms with Crippen molar-refractivity contribution in [2.24, 2.45) is 0 Å². The average molecular weight is 354 g/mol. The van der Waals surface area contributed by atoms with Gasteiger partial charge in [-0.05, 0) is 59.0 Å². The Labute approximate surface area is 143 Å². The molecule has 6 nitrogen and oxygen atoms in total. The van der Waals surface area contributed by atoms with E-state index < -0.39 is 7.82 Å². The highest BCUT2D eigenvalue weighted by Crippen LogP contribution is 2.45. The quantitative estimate of drug-likeness (QED) is 0.735. The second-order valence-electron chi connectivity index (χ2n) is 6.58. The molecule has 0 amide bonds. The molecule has 0 aliphatic heterocycles. The summed E-state index contributed by atoms with van der Waals surface area (Å²) in [5.41, 5.74) is 3.37. The Kier molecular flexibility index (Phi) is 6.23. The fourth-order valence-electron chi connectivity index (χ4n) is 2.57. The summed E-state index contributed by atoms with van der Waals surface area (Å²) in [6.07, 6.45) is 2.52. The molecule has 0 fully saturated rings. The number of likely N-dealkylation sites (N-methyl/N-ethyl adjacent to an activating group) is 1. The molecular weight excluding hydrogens is 327 g/mol. The summed E-state index contributed by atoms with van der Waals surface area (Å²) >= 11 is 0. The first-order chi connectivity index (χ1) is 11.2. The van der Waals surface area contributed by atoms with Crippen molar-refractivity contribution in [1.82, 2.24) is 9.47 Å². The zero-order valence-electron chi connectivity index (χ0n) is 15.0. The SMILES string of the molecule is Cc1ccc2c(c1)c(CCN(C)C)cn2COP(=O)(O)OC(C)C. The van der Waals surface area contributed by atoms with Crippen molar-refractivity contribution in [3.05, 3.63) is 35.5 Å². The molecule has 1 heterocycles. The molecule has 7 heteroatoms. The van der Waals surface area contributed by atoms with Crippen molar-refractivity contribution in [2.45, 2.75) is 40.0 Å². The van der Waals surface area contributed by atoms with Crippen molar-refractivity contribution < 1.29 is 18.5 Å². The Bertz CT molecular complexity index is 740. The maximum atomic E-state index is 11.9. The molecule has 2 rings (SSSR count). The minimum atomic E-state index is -4.05. The van der Waals surface area contributed by atoms with Gasteiger partial charge in [-0.1, -0.05) is 11.6 Å². The molecule has 0 aliphatic rings. The van der Waals surface area contributed by atoms with Crippen molar-refractivity contribution >= 4 is 18.7 Å². The molecule has 1 N–H and O–H groups in total. The molecule has 0 saturated carbocycles. The molecule has 1 atom stereocenters. The Morgan fingerprint density at radius 1 is 1.33 bits per heavy atom. The van der Waals surface area contributed by atoms with E-state index in [1.165, 1.54) is 11.1 Å². The summed E-state index contributed by atoms with van der Waals surface area (Å²) in [6.45, 7) is 6.35. The molecule has 1 unspecified atom stereocenters. The van der Waals surface area contributed by atoms with Crippen LogP contribution in [-0.4, -0.2) is 41.1 Å². The van der Waals surface area contributed by atoms with Gasteiger partial charge in [0.25, 0.3) is 0 Å². The largest absolute Gasteiger partial charge is 0.474 e. The van der Waals surface area contributed by atoms with Crippen LogP contribution < -0.4 is 0 Å². The third kappa shape index (κ3) is 5.16. The number of hydrogen-bond donors (Lipinski definition) is 1. The van der Waals surface area contributed by atoms with Gasteiger partial charge in [-0.15, -0.1) is 0 Å². The molecule has 24 heavy (non-hydrogen) atoms. The Balaban J connectivity index is 2.25. The number of rotatable bonds is 8. The van der Waals surface area contributed by atoms with E-state index >= 15 is 0 Å². The van der Waals surface area contributed by atoms with Crippen molar-refractivity contribution in [1.29, 1.82) is 0 Å². The van der Waals surface area contributed by atoms with Gasteiger partial charge in [0.15, 0.2) is 0 Å². The van der Waals surface area contributed by atoms with Gasteiger partial charge in [0.2, 0.25) is 0 Å². The number of phosphoric acid groups is 1. The average Bonchev–Trinajstić information content (AvgIpc) is 2.79. The number of hydrogen-bond acceptors (Lipinski definition) is 4. The highest BCUT2D eigenvalue weighted by Gasteiger charge is 2.23. The zero-order chi connectivity index (χ0) is 17.9. The number of phosphoric ester groups is 1. The van der Waals surface area contributed by atoms with Crippen LogP contribution in [0, 0.1) is 6.92 Å². The van der Waals surface area contributed by atoms with E-state index in [-0.39, 0.29) is 12.8 Å². The maximum Gasteiger partial charge on any atom is 0.474 e. The van der Waals surface area contributed by atoms with Gasteiger partial charge in [-0.25, -0.2) is 4.57 Å². The smallest absolute Gasteiger partial charge is 0.323 e. The third-order valence-electron chi connectivity index (χ3n) is 3.65. The lowest BCUT2D eigenvalue weighted by Crippen LogP contribution is -2.14. The summed E-state index contributed by atoms with van der Waals surface area (Å²) in [4.78, 5) is 11.9. The van der Waals surface area contributed by atoms with E-state index in [2.05, 4.69) is 17.9 Å². The van der Waals surface area contributed by atoms with Crippen molar-refractivity contribution in [3.63, 3.8) is 0 Å². The van der Waals surface area contributed by atoms with Crippen molar-refractivity contribution in [3.8, 4) is 0 Å². The summed E-state index contributed by atoms with van der Waals surface area (Å²) in [7, 11) is 0.0285. The highest BCUT2D eigenvalue weighted by atomic mass is 31.2. The Morgan fingerprint density at radius 2 is 2.04 bits per heavy atom. The van der Waals surface area contributed by atoms with Gasteiger partial charge in [0.1, 0.15) is 6.73 Å². The van der Waals surface area contributed by atoms with E-state index in [0.717, 1.165) is 23.9 Å². The van der Waals surface area contributed by atoms with Gasteiger partial charge in [-0.3, -0.25) is 9.05 Å². The monoisotopic (exact) mass is 354 g/mol. The predicted octanol–water partition coefficient (Wildman–Crippen LogP) is 3.55. The lowest BCUT2D eigenvalue weighted by Gasteiger charge is -2.15. The van der Waals surface area contributed by atoms with Gasteiger partial charge >= 0.3 is 7.82 Å². The van der Waals surface area contributed by atoms with Gasteiger partial charge in [0, 0.05) is 18.1 Å². The van der Waals surface area contributed by atoms with E-state index in [4.69, 9.17) is 9.05 Å². The standard InChI is InChI=1S/C17H27N2O4P/c1-13(2)23-24(20,21)22-12-19-11-15(8-9-18(4)5)16-10-14(3)6-7-17(16)19/h6-7,10-11,13H,8-9,12H2,1-5H3,(H,20,21). The second-order valence-corrected chi connectivity index (χ2v) is 7.99. The number of benzene rings is 1. The van der Waals surface area contributed by atoms with E-state index in [9.17, 15) is 9.46 Å². The van der Waals surface area contributed by atoms with Crippen LogP contribution in [0.3, 0.4) is 0 Å². The van der Waals surface area contributed by atoms with Gasteiger partial charge in [0.05, 0.1) is 11.6 Å². The van der Waals surface area contributed by atoms with Crippen LogP contribution in [0.15, 0.2) is 24.4 Å². The fourth-order valence-corrected chi connectivity index (χ4v) is 3.43. The lowest BCUT2D eigenvalue weighted by molar-refractivity contribution is 0.0986. The van der Waals surface area contributed by atoms with Crippen LogP contribution in [0.5, 0.6) is 0 Å². The fraction of sp³-hybridized carbons (Fsp3) is 0.529. The second kappa shape index (κ2) is 7.81. The molecule has 0 aliphatic carbocycles. The first kappa shape index (κ1) is 19.2. The maximum absolute atomic E-state index is 11.9. The van der Waals surface area contributed by atoms with Crippen LogP contribution >= 0.6 is 7.82 Å². The van der Waals surface area contributed by atoms with Gasteiger partial charge < -0.3 is 14.4 Å². The molecule has 0 saturated heterocycles. The summed E-state index contributed by atoms with van der Waals surface area (Å²) in [5, 5.41) is 1.15. The minimum absolute atomic E-state index is 0.0258. The summed E-state index contributed by atoms with van der Waals surface area (Å²) in [6, 6.07) is 6.18. The molecule has 0 radical (unpaired) electrons. The first-order valence-corrected chi connectivity index (χ1v) is 9.56. The Hall–Kier alpha value is -1.17. The molecule has 1 aromatic heterocycles. The van der Waals surface area contributed by atoms with Crippen LogP contribution in [0.2, 0.25) is 0 Å². The molecule has 1 aromatic carbocycles. The molecule has 2 aromatic rings. The summed E-state index contributed by atoms with van der Waals surface area (Å²) in [5.74, 6) is 0. The predicted molar refractivity (Wildman–Crippen MR) is 96.1 cm³/mol. The first-order valence-electron chi connectivity index (χ1n) is 8.07. The van der Waals surface area contributed by atoms with Crippen LogP contribution in [0.4, 0.5) is 0 Å². The third-order valence-corrected chi connectivity index (χ3v) is 4.78. The van der Waals surface area contributed by atoms with Crippen LogP contribution in [-0.2, 0) is 26.8 Å².